The lowest BCUT2D eigenvalue weighted by molar-refractivity contribution is -0.120. The standard InChI is InChI=1S/C14H17NOS/c1-2-3-4-5-10-15-14(16)11-12-6-8-13(17)9-7-12/h1,6-9,17H,3-5,10-11H2,(H,15,16). The van der Waals surface area contributed by atoms with Crippen molar-refractivity contribution < 1.29 is 4.79 Å². The summed E-state index contributed by atoms with van der Waals surface area (Å²) in [5.41, 5.74) is 1.00. The van der Waals surface area contributed by atoms with Crippen LogP contribution in [0.15, 0.2) is 29.2 Å². The van der Waals surface area contributed by atoms with Crippen molar-refractivity contribution in [2.24, 2.45) is 0 Å². The molecule has 0 bridgehead atoms. The Morgan fingerprint density at radius 1 is 1.29 bits per heavy atom. The fraction of sp³-hybridized carbons (Fsp3) is 0.357. The summed E-state index contributed by atoms with van der Waals surface area (Å²) in [5.74, 6) is 2.63. The van der Waals surface area contributed by atoms with Gasteiger partial charge in [-0.3, -0.25) is 4.79 Å². The summed E-state index contributed by atoms with van der Waals surface area (Å²) in [4.78, 5) is 12.5. The van der Waals surface area contributed by atoms with Gasteiger partial charge in [0.05, 0.1) is 6.42 Å². The fourth-order valence-electron chi connectivity index (χ4n) is 1.44. The van der Waals surface area contributed by atoms with E-state index >= 15 is 0 Å². The Labute approximate surface area is 108 Å². The van der Waals surface area contributed by atoms with Gasteiger partial charge in [-0.1, -0.05) is 12.1 Å². The summed E-state index contributed by atoms with van der Waals surface area (Å²) in [5, 5.41) is 2.88. The molecule has 0 atom stereocenters. The predicted octanol–water partition coefficient (Wildman–Crippen LogP) is 2.44. The van der Waals surface area contributed by atoms with E-state index in [0.717, 1.165) is 29.7 Å². The molecule has 0 aliphatic carbocycles. The Hall–Kier alpha value is -1.40. The van der Waals surface area contributed by atoms with E-state index in [2.05, 4.69) is 23.9 Å². The molecule has 0 aliphatic rings. The number of benzene rings is 1. The first-order chi connectivity index (χ1) is 8.22. The zero-order chi connectivity index (χ0) is 12.5. The molecule has 3 heteroatoms. The van der Waals surface area contributed by atoms with Crippen LogP contribution >= 0.6 is 12.6 Å². The summed E-state index contributed by atoms with van der Waals surface area (Å²) in [6.45, 7) is 0.700. The van der Waals surface area contributed by atoms with Crippen molar-refractivity contribution in [2.75, 3.05) is 6.54 Å². The highest BCUT2D eigenvalue weighted by molar-refractivity contribution is 7.80. The Morgan fingerprint density at radius 2 is 2.00 bits per heavy atom. The van der Waals surface area contributed by atoms with Gasteiger partial charge < -0.3 is 5.32 Å². The molecule has 0 radical (unpaired) electrons. The lowest BCUT2D eigenvalue weighted by Crippen LogP contribution is -2.26. The maximum absolute atomic E-state index is 11.6. The molecule has 0 aromatic heterocycles. The third-order valence-corrected chi connectivity index (χ3v) is 2.67. The molecule has 1 amide bonds. The molecule has 0 spiro atoms. The number of nitrogens with one attached hydrogen (secondary N) is 1. The molecule has 1 N–H and O–H groups in total. The molecule has 17 heavy (non-hydrogen) atoms. The van der Waals surface area contributed by atoms with Gasteiger partial charge in [0.2, 0.25) is 5.91 Å². The van der Waals surface area contributed by atoms with Gasteiger partial charge in [-0.15, -0.1) is 25.0 Å². The molecule has 0 saturated heterocycles. The van der Waals surface area contributed by atoms with Crippen LogP contribution in [0.2, 0.25) is 0 Å². The number of carbonyl (C=O) groups is 1. The SMILES string of the molecule is C#CCCCCNC(=O)Cc1ccc(S)cc1. The number of hydrogen-bond donors (Lipinski definition) is 2. The molecule has 1 aromatic rings. The number of amides is 1. The van der Waals surface area contributed by atoms with Crippen LogP contribution in [-0.2, 0) is 11.2 Å². The molecule has 0 aliphatic heterocycles. The fourth-order valence-corrected chi connectivity index (χ4v) is 1.59. The molecule has 0 heterocycles. The normalized spacial score (nSPS) is 9.65. The quantitative estimate of drug-likeness (QED) is 0.451. The highest BCUT2D eigenvalue weighted by atomic mass is 32.1. The first-order valence-corrected chi connectivity index (χ1v) is 6.15. The van der Waals surface area contributed by atoms with Gasteiger partial charge in [-0.2, -0.15) is 0 Å². The third kappa shape index (κ3) is 6.03. The van der Waals surface area contributed by atoms with Gasteiger partial charge in [-0.05, 0) is 30.5 Å². The molecule has 1 aromatic carbocycles. The second kappa shape index (κ2) is 7.81. The minimum absolute atomic E-state index is 0.0534. The van der Waals surface area contributed by atoms with E-state index in [-0.39, 0.29) is 5.91 Å². The Morgan fingerprint density at radius 3 is 2.65 bits per heavy atom. The monoisotopic (exact) mass is 247 g/mol. The van der Waals surface area contributed by atoms with Crippen LogP contribution in [0.3, 0.4) is 0 Å². The molecule has 1 rings (SSSR count). The molecular formula is C14H17NOS. The summed E-state index contributed by atoms with van der Waals surface area (Å²) in [6.07, 6.45) is 8.24. The molecule has 0 unspecified atom stereocenters. The predicted molar refractivity (Wildman–Crippen MR) is 73.1 cm³/mol. The maximum atomic E-state index is 11.6. The number of unbranched alkanes of at least 4 members (excludes halogenated alkanes) is 2. The first-order valence-electron chi connectivity index (χ1n) is 5.70. The average molecular weight is 247 g/mol. The summed E-state index contributed by atoms with van der Waals surface area (Å²) < 4.78 is 0. The van der Waals surface area contributed by atoms with Crippen molar-refractivity contribution in [1.29, 1.82) is 0 Å². The zero-order valence-electron chi connectivity index (χ0n) is 9.78. The van der Waals surface area contributed by atoms with Crippen molar-refractivity contribution in [2.45, 2.75) is 30.6 Å². The van der Waals surface area contributed by atoms with E-state index in [4.69, 9.17) is 6.42 Å². The number of terminal acetylenes is 1. The Bertz CT molecular complexity index is 392. The van der Waals surface area contributed by atoms with Gasteiger partial charge in [0.25, 0.3) is 0 Å². The van der Waals surface area contributed by atoms with Crippen molar-refractivity contribution >= 4 is 18.5 Å². The van der Waals surface area contributed by atoms with Crippen LogP contribution in [0.4, 0.5) is 0 Å². The number of hydrogen-bond acceptors (Lipinski definition) is 2. The molecular weight excluding hydrogens is 230 g/mol. The number of carbonyl (C=O) groups excluding carboxylic acids is 1. The second-order valence-electron chi connectivity index (χ2n) is 3.85. The van der Waals surface area contributed by atoms with E-state index in [1.165, 1.54) is 0 Å². The van der Waals surface area contributed by atoms with Crippen LogP contribution in [0.1, 0.15) is 24.8 Å². The largest absolute Gasteiger partial charge is 0.356 e. The van der Waals surface area contributed by atoms with E-state index in [1.807, 2.05) is 24.3 Å². The van der Waals surface area contributed by atoms with E-state index in [0.29, 0.717) is 13.0 Å². The first kappa shape index (κ1) is 13.7. The topological polar surface area (TPSA) is 29.1 Å². The molecule has 2 nitrogen and oxygen atoms in total. The van der Waals surface area contributed by atoms with E-state index < -0.39 is 0 Å². The van der Waals surface area contributed by atoms with Crippen molar-refractivity contribution in [3.63, 3.8) is 0 Å². The summed E-state index contributed by atoms with van der Waals surface area (Å²) >= 11 is 4.19. The van der Waals surface area contributed by atoms with Gasteiger partial charge >= 0.3 is 0 Å². The van der Waals surface area contributed by atoms with E-state index in [9.17, 15) is 4.79 Å². The summed E-state index contributed by atoms with van der Waals surface area (Å²) in [6, 6.07) is 7.61. The lowest BCUT2D eigenvalue weighted by atomic mass is 10.1. The highest BCUT2D eigenvalue weighted by Crippen LogP contribution is 2.08. The van der Waals surface area contributed by atoms with Crippen LogP contribution < -0.4 is 5.32 Å². The van der Waals surface area contributed by atoms with Crippen LogP contribution in [0, 0.1) is 12.3 Å². The van der Waals surface area contributed by atoms with Crippen molar-refractivity contribution in [3.05, 3.63) is 29.8 Å². The van der Waals surface area contributed by atoms with Gasteiger partial charge in [0.15, 0.2) is 0 Å². The number of rotatable bonds is 6. The Kier molecular flexibility index (Phi) is 6.27. The van der Waals surface area contributed by atoms with Gasteiger partial charge in [0, 0.05) is 17.9 Å². The Balaban J connectivity index is 2.21. The highest BCUT2D eigenvalue weighted by Gasteiger charge is 2.02. The van der Waals surface area contributed by atoms with Crippen LogP contribution in [0.25, 0.3) is 0 Å². The minimum Gasteiger partial charge on any atom is -0.356 e. The smallest absolute Gasteiger partial charge is 0.224 e. The minimum atomic E-state index is 0.0534. The maximum Gasteiger partial charge on any atom is 0.224 e. The molecule has 0 saturated carbocycles. The van der Waals surface area contributed by atoms with Crippen LogP contribution in [-0.4, -0.2) is 12.5 Å². The van der Waals surface area contributed by atoms with Crippen LogP contribution in [0.5, 0.6) is 0 Å². The number of thiol groups is 1. The van der Waals surface area contributed by atoms with Gasteiger partial charge in [-0.25, -0.2) is 0 Å². The van der Waals surface area contributed by atoms with Crippen molar-refractivity contribution in [1.82, 2.24) is 5.32 Å². The lowest BCUT2D eigenvalue weighted by Gasteiger charge is -2.04. The van der Waals surface area contributed by atoms with Crippen molar-refractivity contribution in [3.8, 4) is 12.3 Å². The summed E-state index contributed by atoms with van der Waals surface area (Å²) in [7, 11) is 0. The average Bonchev–Trinajstić information content (AvgIpc) is 2.32. The third-order valence-electron chi connectivity index (χ3n) is 2.37. The zero-order valence-corrected chi connectivity index (χ0v) is 10.7. The molecule has 0 fully saturated rings. The van der Waals surface area contributed by atoms with E-state index in [1.54, 1.807) is 0 Å². The molecule has 90 valence electrons. The van der Waals surface area contributed by atoms with Gasteiger partial charge in [0.1, 0.15) is 0 Å². The second-order valence-corrected chi connectivity index (χ2v) is 4.37.